The summed E-state index contributed by atoms with van der Waals surface area (Å²) < 4.78 is 16.9. The van der Waals surface area contributed by atoms with Crippen LogP contribution in [0.3, 0.4) is 0 Å². The largest absolute Gasteiger partial charge is 0.508 e. The summed E-state index contributed by atoms with van der Waals surface area (Å²) in [4.78, 5) is 0. The average Bonchev–Trinajstić information content (AvgIpc) is 2.76. The molecular formula is C22H23N4O3P. The fraction of sp³-hybridized carbons (Fsp3) is 0.0909. The van der Waals surface area contributed by atoms with Gasteiger partial charge in [-0.1, -0.05) is 42.5 Å². The highest BCUT2D eigenvalue weighted by molar-refractivity contribution is 7.66. The van der Waals surface area contributed by atoms with Crippen molar-refractivity contribution in [2.75, 3.05) is 14.1 Å². The predicted molar refractivity (Wildman–Crippen MR) is 121 cm³/mol. The van der Waals surface area contributed by atoms with Crippen LogP contribution in [0.15, 0.2) is 89.1 Å². The minimum absolute atomic E-state index is 0.126. The van der Waals surface area contributed by atoms with E-state index in [1.807, 2.05) is 18.2 Å². The van der Waals surface area contributed by atoms with Gasteiger partial charge >= 0.3 is 7.44 Å². The zero-order chi connectivity index (χ0) is 21.6. The maximum absolute atomic E-state index is 14.1. The minimum atomic E-state index is -3.41. The molecule has 3 aromatic rings. The smallest absolute Gasteiger partial charge is 0.322 e. The Morgan fingerprint density at radius 2 is 1.20 bits per heavy atom. The highest BCUT2D eigenvalue weighted by atomic mass is 31.2. The van der Waals surface area contributed by atoms with Crippen molar-refractivity contribution in [3.8, 4) is 11.5 Å². The van der Waals surface area contributed by atoms with Gasteiger partial charge in [0.1, 0.15) is 11.5 Å². The Kier molecular flexibility index (Phi) is 6.54. The Morgan fingerprint density at radius 1 is 0.733 bits per heavy atom. The third-order valence-electron chi connectivity index (χ3n) is 4.37. The number of benzene rings is 3. The van der Waals surface area contributed by atoms with Gasteiger partial charge in [0, 0.05) is 14.1 Å². The van der Waals surface area contributed by atoms with Gasteiger partial charge in [0.2, 0.25) is 0 Å². The Balaban J connectivity index is 1.93. The Morgan fingerprint density at radius 3 is 1.63 bits per heavy atom. The predicted octanol–water partition coefficient (Wildman–Crippen LogP) is 3.85. The van der Waals surface area contributed by atoms with Gasteiger partial charge in [-0.15, -0.1) is 0 Å². The monoisotopic (exact) mass is 422 g/mol. The molecule has 0 radical (unpaired) electrons. The molecule has 0 bridgehead atoms. The quantitative estimate of drug-likeness (QED) is 0.343. The first-order chi connectivity index (χ1) is 14.4. The summed E-state index contributed by atoms with van der Waals surface area (Å²) >= 11 is 0. The lowest BCUT2D eigenvalue weighted by Crippen LogP contribution is -2.28. The van der Waals surface area contributed by atoms with E-state index in [0.29, 0.717) is 16.4 Å². The van der Waals surface area contributed by atoms with Gasteiger partial charge < -0.3 is 10.2 Å². The van der Waals surface area contributed by atoms with Crippen LogP contribution in [0.2, 0.25) is 0 Å². The third-order valence-corrected chi connectivity index (χ3v) is 7.11. The number of hydrogen-bond acceptors (Lipinski definition) is 5. The molecule has 0 aliphatic carbocycles. The van der Waals surface area contributed by atoms with Crippen LogP contribution in [-0.4, -0.2) is 46.3 Å². The van der Waals surface area contributed by atoms with Crippen LogP contribution in [0.25, 0.3) is 0 Å². The van der Waals surface area contributed by atoms with Crippen LogP contribution in [0.1, 0.15) is 11.1 Å². The zero-order valence-corrected chi connectivity index (χ0v) is 17.6. The number of phenolic OH excluding ortho intramolecular Hbond substituents is 2. The lowest BCUT2D eigenvalue weighted by molar-refractivity contribution is 0.419. The van der Waals surface area contributed by atoms with Gasteiger partial charge in [-0.25, -0.2) is 9.56 Å². The van der Waals surface area contributed by atoms with Crippen molar-refractivity contribution in [2.24, 2.45) is 10.2 Å². The number of hydrogen-bond donors (Lipinski definition) is 2. The van der Waals surface area contributed by atoms with Crippen LogP contribution in [0.5, 0.6) is 11.5 Å². The molecule has 0 heterocycles. The fourth-order valence-corrected chi connectivity index (χ4v) is 4.78. The van der Waals surface area contributed by atoms with Crippen molar-refractivity contribution in [1.29, 1.82) is 0 Å². The van der Waals surface area contributed by atoms with E-state index >= 15 is 0 Å². The number of aromatic hydroxyl groups is 2. The standard InChI is InChI=1S/C22H23N4O3P/c1-25(23-16-18-8-6-10-20(27)14-18)30(29,22-12-4-3-5-13-22)26(2)24-17-19-9-7-11-21(28)15-19/h3-17,27-28H,1-2H3/b23-16+,24-17+. The molecule has 0 atom stereocenters. The molecule has 3 aromatic carbocycles. The summed E-state index contributed by atoms with van der Waals surface area (Å²) in [6.07, 6.45) is 3.06. The lowest BCUT2D eigenvalue weighted by Gasteiger charge is -2.31. The molecule has 0 amide bonds. The van der Waals surface area contributed by atoms with Gasteiger partial charge in [-0.05, 0) is 47.5 Å². The van der Waals surface area contributed by atoms with Crippen molar-refractivity contribution in [3.05, 3.63) is 90.0 Å². The molecule has 2 N–H and O–H groups in total. The summed E-state index contributed by atoms with van der Waals surface area (Å²) in [5, 5.41) is 28.5. The molecule has 0 saturated carbocycles. The second-order valence-corrected chi connectivity index (χ2v) is 9.30. The van der Waals surface area contributed by atoms with E-state index in [0.717, 1.165) is 0 Å². The van der Waals surface area contributed by atoms with Crippen LogP contribution >= 0.6 is 7.44 Å². The van der Waals surface area contributed by atoms with Crippen LogP contribution in [0.4, 0.5) is 0 Å². The Hall–Kier alpha value is -3.57. The van der Waals surface area contributed by atoms with Gasteiger partial charge in [0.15, 0.2) is 0 Å². The Bertz CT molecular complexity index is 1040. The van der Waals surface area contributed by atoms with Gasteiger partial charge in [-0.3, -0.25) is 4.57 Å². The highest BCUT2D eigenvalue weighted by Gasteiger charge is 2.34. The third kappa shape index (κ3) is 4.88. The van der Waals surface area contributed by atoms with E-state index in [9.17, 15) is 14.8 Å². The average molecular weight is 422 g/mol. The van der Waals surface area contributed by atoms with E-state index < -0.39 is 7.44 Å². The van der Waals surface area contributed by atoms with E-state index in [2.05, 4.69) is 10.2 Å². The SMILES string of the molecule is CN(/N=C/c1cccc(O)c1)P(=O)(c1ccccc1)N(C)/N=C/c1cccc(O)c1. The van der Waals surface area contributed by atoms with Gasteiger partial charge in [-0.2, -0.15) is 10.2 Å². The number of hydrazone groups is 2. The first-order valence-corrected chi connectivity index (χ1v) is 10.8. The molecule has 0 spiro atoms. The van der Waals surface area contributed by atoms with E-state index in [4.69, 9.17) is 0 Å². The zero-order valence-electron chi connectivity index (χ0n) is 16.7. The molecule has 0 aliphatic rings. The molecule has 154 valence electrons. The molecule has 0 saturated heterocycles. The Labute approximate surface area is 175 Å². The van der Waals surface area contributed by atoms with Gasteiger partial charge in [0.25, 0.3) is 0 Å². The van der Waals surface area contributed by atoms with E-state index in [1.165, 1.54) is 22.0 Å². The number of phenols is 2. The van der Waals surface area contributed by atoms with Crippen LogP contribution < -0.4 is 5.30 Å². The van der Waals surface area contributed by atoms with Crippen molar-refractivity contribution in [3.63, 3.8) is 0 Å². The maximum Gasteiger partial charge on any atom is 0.322 e. The summed E-state index contributed by atoms with van der Waals surface area (Å²) in [6.45, 7) is 0. The van der Waals surface area contributed by atoms with Crippen molar-refractivity contribution >= 4 is 25.2 Å². The highest BCUT2D eigenvalue weighted by Crippen LogP contribution is 2.50. The molecule has 0 fully saturated rings. The maximum atomic E-state index is 14.1. The van der Waals surface area contributed by atoms with Crippen LogP contribution in [-0.2, 0) is 4.57 Å². The second kappa shape index (κ2) is 9.29. The molecule has 7 nitrogen and oxygen atoms in total. The molecular weight excluding hydrogens is 399 g/mol. The number of nitrogens with zero attached hydrogens (tertiary/aromatic N) is 4. The molecule has 0 unspecified atom stereocenters. The molecule has 0 aliphatic heterocycles. The molecule has 30 heavy (non-hydrogen) atoms. The summed E-state index contributed by atoms with van der Waals surface area (Å²) in [5.74, 6) is 0.251. The number of rotatable bonds is 7. The van der Waals surface area contributed by atoms with E-state index in [1.54, 1.807) is 74.8 Å². The van der Waals surface area contributed by atoms with Crippen molar-refractivity contribution in [2.45, 2.75) is 0 Å². The first kappa shape index (κ1) is 21.1. The molecule has 3 rings (SSSR count). The summed E-state index contributed by atoms with van der Waals surface area (Å²) in [6, 6.07) is 22.2. The fourth-order valence-electron chi connectivity index (χ4n) is 2.79. The summed E-state index contributed by atoms with van der Waals surface area (Å²) in [7, 11) is -0.169. The van der Waals surface area contributed by atoms with E-state index in [-0.39, 0.29) is 11.5 Å². The molecule has 8 heteroatoms. The first-order valence-electron chi connectivity index (χ1n) is 9.19. The van der Waals surface area contributed by atoms with Gasteiger partial charge in [0.05, 0.1) is 17.7 Å². The summed E-state index contributed by atoms with van der Waals surface area (Å²) in [5.41, 5.74) is 1.35. The van der Waals surface area contributed by atoms with Crippen molar-refractivity contribution < 1.29 is 14.8 Å². The molecule has 0 aromatic heterocycles. The van der Waals surface area contributed by atoms with Crippen LogP contribution in [0, 0.1) is 0 Å². The normalized spacial score (nSPS) is 11.8. The second-order valence-electron chi connectivity index (χ2n) is 6.54. The lowest BCUT2D eigenvalue weighted by atomic mass is 10.2. The van der Waals surface area contributed by atoms with Crippen molar-refractivity contribution in [1.82, 2.24) is 9.56 Å². The minimum Gasteiger partial charge on any atom is -0.508 e. The topological polar surface area (TPSA) is 88.7 Å².